The molecule has 0 radical (unpaired) electrons. The van der Waals surface area contributed by atoms with Gasteiger partial charge in [-0.3, -0.25) is 10.2 Å². The SMILES string of the molecule is CC1=CC2=NC(=O)/C(=C\c3ccc(OCCOc4c(C)cccc4C)cc3)C(=N)N2O1. The second-order valence-corrected chi connectivity index (χ2v) is 7.31. The standard InChI is InChI=1S/C24H23N3O4/c1-15-5-4-6-16(2)22(15)30-12-11-29-19-9-7-18(8-10-19)14-20-23(25)27-21(26-24(20)28)13-17(3)31-27/h4-10,13-14,25H,11-12H2,1-3H3/b20-14-,25-23?. The van der Waals surface area contributed by atoms with Crippen LogP contribution in [0.5, 0.6) is 11.5 Å². The number of aliphatic imine (C=N–C) groups is 1. The molecule has 2 heterocycles. The number of hydroxylamine groups is 2. The molecule has 0 fully saturated rings. The summed E-state index contributed by atoms with van der Waals surface area (Å²) in [6.45, 7) is 6.63. The molecule has 1 N–H and O–H groups in total. The molecule has 0 spiro atoms. The average Bonchev–Trinajstić information content (AvgIpc) is 3.11. The van der Waals surface area contributed by atoms with Gasteiger partial charge in [-0.2, -0.15) is 4.99 Å². The van der Waals surface area contributed by atoms with E-state index in [-0.39, 0.29) is 11.4 Å². The van der Waals surface area contributed by atoms with Gasteiger partial charge in [-0.1, -0.05) is 30.3 Å². The Morgan fingerprint density at radius 3 is 2.42 bits per heavy atom. The van der Waals surface area contributed by atoms with Crippen molar-refractivity contribution in [3.05, 3.63) is 76.6 Å². The summed E-state index contributed by atoms with van der Waals surface area (Å²) in [6.07, 6.45) is 3.25. The van der Waals surface area contributed by atoms with Gasteiger partial charge in [0.05, 0.1) is 5.57 Å². The molecule has 158 valence electrons. The van der Waals surface area contributed by atoms with Crippen LogP contribution in [-0.2, 0) is 9.63 Å². The minimum absolute atomic E-state index is 0.0351. The summed E-state index contributed by atoms with van der Waals surface area (Å²) >= 11 is 0. The normalized spacial score (nSPS) is 16.6. The van der Waals surface area contributed by atoms with Gasteiger partial charge in [0, 0.05) is 6.08 Å². The molecular weight excluding hydrogens is 394 g/mol. The third-order valence-electron chi connectivity index (χ3n) is 4.88. The molecule has 2 aromatic rings. The summed E-state index contributed by atoms with van der Waals surface area (Å²) < 4.78 is 11.6. The number of amidine groups is 2. The van der Waals surface area contributed by atoms with Crippen LogP contribution in [0, 0.1) is 19.3 Å². The van der Waals surface area contributed by atoms with Gasteiger partial charge in [-0.25, -0.2) is 0 Å². The number of rotatable bonds is 6. The molecule has 0 saturated carbocycles. The lowest BCUT2D eigenvalue weighted by Crippen LogP contribution is -2.38. The van der Waals surface area contributed by atoms with E-state index in [4.69, 9.17) is 19.7 Å². The second kappa shape index (κ2) is 8.47. The first-order valence-corrected chi connectivity index (χ1v) is 9.94. The zero-order chi connectivity index (χ0) is 22.0. The highest BCUT2D eigenvalue weighted by Crippen LogP contribution is 2.25. The maximum absolute atomic E-state index is 12.3. The number of nitrogens with one attached hydrogen (secondary N) is 1. The van der Waals surface area contributed by atoms with Gasteiger partial charge < -0.3 is 14.3 Å². The molecule has 0 unspecified atom stereocenters. The zero-order valence-corrected chi connectivity index (χ0v) is 17.6. The van der Waals surface area contributed by atoms with Gasteiger partial charge in [-0.05, 0) is 55.7 Å². The molecule has 2 aliphatic heterocycles. The fraction of sp³-hybridized carbons (Fsp3) is 0.208. The van der Waals surface area contributed by atoms with E-state index in [1.54, 1.807) is 19.1 Å². The van der Waals surface area contributed by atoms with Gasteiger partial charge in [0.1, 0.15) is 30.5 Å². The highest BCUT2D eigenvalue weighted by Gasteiger charge is 2.34. The van der Waals surface area contributed by atoms with Crippen molar-refractivity contribution < 1.29 is 19.1 Å². The third-order valence-corrected chi connectivity index (χ3v) is 4.88. The number of ether oxygens (including phenoxy) is 2. The van der Waals surface area contributed by atoms with E-state index in [9.17, 15) is 4.79 Å². The predicted octanol–water partition coefficient (Wildman–Crippen LogP) is 4.21. The Morgan fingerprint density at radius 2 is 1.71 bits per heavy atom. The number of hydrogen-bond acceptors (Lipinski definition) is 5. The van der Waals surface area contributed by atoms with Crippen molar-refractivity contribution in [2.45, 2.75) is 20.8 Å². The van der Waals surface area contributed by atoms with Crippen LogP contribution in [-0.4, -0.2) is 35.9 Å². The number of carbonyl (C=O) groups excluding carboxylic acids is 1. The Hall–Kier alpha value is -3.87. The number of amides is 1. The summed E-state index contributed by atoms with van der Waals surface area (Å²) in [6, 6.07) is 13.3. The largest absolute Gasteiger partial charge is 0.490 e. The second-order valence-electron chi connectivity index (χ2n) is 7.31. The van der Waals surface area contributed by atoms with E-state index < -0.39 is 5.91 Å². The number of hydrogen-bond donors (Lipinski definition) is 1. The Labute approximate surface area is 180 Å². The first-order valence-electron chi connectivity index (χ1n) is 9.94. The molecule has 2 aliphatic rings. The maximum atomic E-state index is 12.3. The Balaban J connectivity index is 1.35. The smallest absolute Gasteiger partial charge is 0.282 e. The quantitative estimate of drug-likeness (QED) is 0.562. The van der Waals surface area contributed by atoms with Crippen molar-refractivity contribution in [3.8, 4) is 11.5 Å². The number of para-hydroxylation sites is 1. The molecule has 1 amide bonds. The van der Waals surface area contributed by atoms with E-state index in [0.29, 0.717) is 30.6 Å². The lowest BCUT2D eigenvalue weighted by molar-refractivity contribution is -0.114. The van der Waals surface area contributed by atoms with Crippen molar-refractivity contribution in [2.75, 3.05) is 13.2 Å². The number of allylic oxidation sites excluding steroid dienone is 1. The Bertz CT molecular complexity index is 1110. The molecule has 2 aromatic carbocycles. The minimum Gasteiger partial charge on any atom is -0.490 e. The van der Waals surface area contributed by atoms with Crippen LogP contribution in [0.25, 0.3) is 6.08 Å². The van der Waals surface area contributed by atoms with Crippen LogP contribution < -0.4 is 9.47 Å². The molecule has 7 heteroatoms. The Kier molecular flexibility index (Phi) is 5.58. The average molecular weight is 417 g/mol. The van der Waals surface area contributed by atoms with Gasteiger partial charge in [0.15, 0.2) is 11.7 Å². The van der Waals surface area contributed by atoms with Crippen molar-refractivity contribution in [3.63, 3.8) is 0 Å². The molecule has 4 rings (SSSR count). The first-order chi connectivity index (χ1) is 14.9. The number of aryl methyl sites for hydroxylation is 2. The van der Waals surface area contributed by atoms with Crippen molar-refractivity contribution in [1.29, 1.82) is 5.41 Å². The van der Waals surface area contributed by atoms with Gasteiger partial charge in [0.2, 0.25) is 0 Å². The molecular formula is C24H23N3O4. The molecule has 7 nitrogen and oxygen atoms in total. The summed E-state index contributed by atoms with van der Waals surface area (Å²) in [7, 11) is 0. The van der Waals surface area contributed by atoms with Crippen LogP contribution >= 0.6 is 0 Å². The highest BCUT2D eigenvalue weighted by molar-refractivity contribution is 6.32. The van der Waals surface area contributed by atoms with Gasteiger partial charge in [-0.15, -0.1) is 5.06 Å². The Morgan fingerprint density at radius 1 is 1.03 bits per heavy atom. The fourth-order valence-electron chi connectivity index (χ4n) is 3.36. The van der Waals surface area contributed by atoms with Gasteiger partial charge >= 0.3 is 0 Å². The fourth-order valence-corrected chi connectivity index (χ4v) is 3.36. The van der Waals surface area contributed by atoms with Crippen LogP contribution in [0.1, 0.15) is 23.6 Å². The van der Waals surface area contributed by atoms with E-state index >= 15 is 0 Å². The predicted molar refractivity (Wildman–Crippen MR) is 118 cm³/mol. The van der Waals surface area contributed by atoms with E-state index in [0.717, 1.165) is 22.4 Å². The van der Waals surface area contributed by atoms with Crippen molar-refractivity contribution in [2.24, 2.45) is 4.99 Å². The van der Waals surface area contributed by atoms with Crippen LogP contribution in [0.2, 0.25) is 0 Å². The molecule has 0 saturated heterocycles. The molecule has 0 atom stereocenters. The molecule has 0 aliphatic carbocycles. The minimum atomic E-state index is -0.463. The third kappa shape index (κ3) is 4.35. The number of nitrogens with zero attached hydrogens (tertiary/aromatic N) is 2. The maximum Gasteiger partial charge on any atom is 0.282 e. The van der Waals surface area contributed by atoms with Crippen LogP contribution in [0.3, 0.4) is 0 Å². The first kappa shape index (κ1) is 20.4. The summed E-state index contributed by atoms with van der Waals surface area (Å²) in [4.78, 5) is 21.7. The van der Waals surface area contributed by atoms with Gasteiger partial charge in [0.25, 0.3) is 5.91 Å². The summed E-state index contributed by atoms with van der Waals surface area (Å²) in [5.41, 5.74) is 3.13. The number of carbonyl (C=O) groups is 1. The van der Waals surface area contributed by atoms with Crippen molar-refractivity contribution >= 4 is 23.7 Å². The summed E-state index contributed by atoms with van der Waals surface area (Å²) in [5, 5.41) is 9.50. The van der Waals surface area contributed by atoms with Crippen molar-refractivity contribution in [1.82, 2.24) is 5.06 Å². The molecule has 0 bridgehead atoms. The number of benzene rings is 2. The zero-order valence-electron chi connectivity index (χ0n) is 17.6. The highest BCUT2D eigenvalue weighted by atomic mass is 16.7. The van der Waals surface area contributed by atoms with E-state index in [2.05, 4.69) is 4.99 Å². The summed E-state index contributed by atoms with van der Waals surface area (Å²) in [5.74, 6) is 2.00. The molecule has 31 heavy (non-hydrogen) atoms. The monoisotopic (exact) mass is 417 g/mol. The van der Waals surface area contributed by atoms with Crippen LogP contribution in [0.15, 0.2) is 64.9 Å². The topological polar surface area (TPSA) is 84.2 Å². The lowest BCUT2D eigenvalue weighted by Gasteiger charge is -2.22. The van der Waals surface area contributed by atoms with E-state index in [1.807, 2.05) is 56.3 Å². The number of fused-ring (bicyclic) bond motifs is 1. The lowest BCUT2D eigenvalue weighted by atomic mass is 10.1. The van der Waals surface area contributed by atoms with Crippen LogP contribution in [0.4, 0.5) is 0 Å². The van der Waals surface area contributed by atoms with E-state index in [1.165, 1.54) is 5.06 Å². The molecule has 0 aromatic heterocycles.